The number of nitrogens with one attached hydrogen (secondary N) is 1. The van der Waals surface area contributed by atoms with Gasteiger partial charge in [-0.1, -0.05) is 30.0 Å². The summed E-state index contributed by atoms with van der Waals surface area (Å²) in [7, 11) is 0. The van der Waals surface area contributed by atoms with Crippen LogP contribution in [0.15, 0.2) is 54.6 Å². The maximum atomic E-state index is 12.7. The second-order valence-corrected chi connectivity index (χ2v) is 7.85. The first-order chi connectivity index (χ1) is 14.6. The summed E-state index contributed by atoms with van der Waals surface area (Å²) in [6.45, 7) is 4.57. The van der Waals surface area contributed by atoms with Crippen LogP contribution in [0, 0.1) is 0 Å². The maximum absolute atomic E-state index is 12.7. The Kier molecular flexibility index (Phi) is 11.0. The maximum Gasteiger partial charge on any atom is 0.251 e. The minimum absolute atomic E-state index is 0.0981. The van der Waals surface area contributed by atoms with E-state index in [0.29, 0.717) is 30.9 Å². The molecule has 30 heavy (non-hydrogen) atoms. The standard InChI is InChI=1S/C23H29NO5S/c1-3-27-17-28-16-20(8-7-15-30-18(2)25)24-23(26)19-11-13-22(14-12-19)29-21-9-5-4-6-10-21/h4-6,9-14,20H,3,7-8,15-17H2,1-2H3,(H,24,26)/t20-/m0/s1. The number of hydrogen-bond acceptors (Lipinski definition) is 6. The molecule has 0 heterocycles. The van der Waals surface area contributed by atoms with Crippen molar-refractivity contribution >= 4 is 22.8 Å². The van der Waals surface area contributed by atoms with Gasteiger partial charge in [0.15, 0.2) is 5.12 Å². The first kappa shape index (κ1) is 23.9. The third kappa shape index (κ3) is 9.43. The highest BCUT2D eigenvalue weighted by atomic mass is 32.2. The fraction of sp³-hybridized carbons (Fsp3) is 0.391. The third-order valence-electron chi connectivity index (χ3n) is 4.12. The lowest BCUT2D eigenvalue weighted by Crippen LogP contribution is -2.38. The molecule has 0 saturated carbocycles. The van der Waals surface area contributed by atoms with Crippen LogP contribution in [0.2, 0.25) is 0 Å². The molecule has 0 bridgehead atoms. The van der Waals surface area contributed by atoms with Crippen LogP contribution in [-0.2, 0) is 14.3 Å². The van der Waals surface area contributed by atoms with Gasteiger partial charge >= 0.3 is 0 Å². The smallest absolute Gasteiger partial charge is 0.251 e. The fourth-order valence-corrected chi connectivity index (χ4v) is 3.24. The van der Waals surface area contributed by atoms with Gasteiger partial charge in [-0.25, -0.2) is 0 Å². The van der Waals surface area contributed by atoms with Crippen molar-refractivity contribution in [3.05, 3.63) is 60.2 Å². The molecule has 2 aromatic carbocycles. The Morgan fingerprint density at radius 3 is 2.37 bits per heavy atom. The SMILES string of the molecule is CCOCOC[C@H](CCCSC(C)=O)NC(=O)c1ccc(Oc2ccccc2)cc1. The average molecular weight is 432 g/mol. The molecule has 1 atom stereocenters. The highest BCUT2D eigenvalue weighted by Crippen LogP contribution is 2.21. The van der Waals surface area contributed by atoms with Crippen LogP contribution < -0.4 is 10.1 Å². The largest absolute Gasteiger partial charge is 0.457 e. The quantitative estimate of drug-likeness (QED) is 0.368. The molecule has 0 saturated heterocycles. The number of ether oxygens (including phenoxy) is 3. The molecular weight excluding hydrogens is 402 g/mol. The average Bonchev–Trinajstić information content (AvgIpc) is 2.75. The number of carbonyl (C=O) groups is 2. The monoisotopic (exact) mass is 431 g/mol. The second-order valence-electron chi connectivity index (χ2n) is 6.57. The molecule has 0 aliphatic rings. The molecule has 162 valence electrons. The molecule has 0 unspecified atom stereocenters. The van der Waals surface area contributed by atoms with Crippen LogP contribution in [0.1, 0.15) is 37.0 Å². The van der Waals surface area contributed by atoms with Crippen LogP contribution in [0.25, 0.3) is 0 Å². The van der Waals surface area contributed by atoms with Gasteiger partial charge < -0.3 is 19.5 Å². The first-order valence-corrected chi connectivity index (χ1v) is 11.0. The Bertz CT molecular complexity index is 767. The van der Waals surface area contributed by atoms with Crippen LogP contribution in [0.3, 0.4) is 0 Å². The zero-order valence-electron chi connectivity index (χ0n) is 17.5. The lowest BCUT2D eigenvalue weighted by molar-refractivity contribution is -0.109. The van der Waals surface area contributed by atoms with Crippen molar-refractivity contribution in [1.82, 2.24) is 5.32 Å². The number of benzene rings is 2. The molecule has 1 amide bonds. The molecule has 0 spiro atoms. The van der Waals surface area contributed by atoms with Gasteiger partial charge in [0, 0.05) is 24.8 Å². The molecule has 7 heteroatoms. The lowest BCUT2D eigenvalue weighted by Gasteiger charge is -2.19. The first-order valence-electron chi connectivity index (χ1n) is 10.0. The summed E-state index contributed by atoms with van der Waals surface area (Å²) in [5, 5.41) is 3.11. The highest BCUT2D eigenvalue weighted by Gasteiger charge is 2.15. The molecule has 0 fully saturated rings. The topological polar surface area (TPSA) is 73.9 Å². The molecule has 0 aromatic heterocycles. The normalized spacial score (nSPS) is 11.7. The molecule has 0 aliphatic carbocycles. The molecule has 0 radical (unpaired) electrons. The van der Waals surface area contributed by atoms with Gasteiger partial charge in [-0.15, -0.1) is 0 Å². The number of carbonyl (C=O) groups excluding carboxylic acids is 2. The summed E-state index contributed by atoms with van der Waals surface area (Å²) in [6, 6.07) is 16.3. The summed E-state index contributed by atoms with van der Waals surface area (Å²) >= 11 is 1.29. The second kappa shape index (κ2) is 13.8. The van der Waals surface area contributed by atoms with Crippen LogP contribution >= 0.6 is 11.8 Å². The predicted octanol–water partition coefficient (Wildman–Crippen LogP) is 4.65. The van der Waals surface area contributed by atoms with Crippen molar-refractivity contribution < 1.29 is 23.8 Å². The minimum atomic E-state index is -0.175. The van der Waals surface area contributed by atoms with Crippen molar-refractivity contribution in [3.63, 3.8) is 0 Å². The van der Waals surface area contributed by atoms with E-state index < -0.39 is 0 Å². The van der Waals surface area contributed by atoms with Crippen molar-refractivity contribution in [1.29, 1.82) is 0 Å². The number of thioether (sulfide) groups is 1. The van der Waals surface area contributed by atoms with Gasteiger partial charge in [-0.3, -0.25) is 9.59 Å². The van der Waals surface area contributed by atoms with E-state index in [-0.39, 0.29) is 23.9 Å². The van der Waals surface area contributed by atoms with Gasteiger partial charge in [0.2, 0.25) is 0 Å². The van der Waals surface area contributed by atoms with Crippen molar-refractivity contribution in [2.45, 2.75) is 32.7 Å². The van der Waals surface area contributed by atoms with E-state index in [1.165, 1.54) is 11.8 Å². The molecule has 0 aliphatic heterocycles. The van der Waals surface area contributed by atoms with Gasteiger partial charge in [-0.05, 0) is 56.2 Å². The summed E-state index contributed by atoms with van der Waals surface area (Å²) in [4.78, 5) is 23.7. The third-order valence-corrected chi connectivity index (χ3v) is 5.02. The summed E-state index contributed by atoms with van der Waals surface area (Å²) in [6.07, 6.45) is 1.52. The summed E-state index contributed by atoms with van der Waals surface area (Å²) in [5.74, 6) is 1.95. The number of amides is 1. The Balaban J connectivity index is 1.89. The van der Waals surface area contributed by atoms with Gasteiger partial charge in [0.25, 0.3) is 5.91 Å². The van der Waals surface area contributed by atoms with Gasteiger partial charge in [0.1, 0.15) is 18.3 Å². The zero-order chi connectivity index (χ0) is 21.6. The van der Waals surface area contributed by atoms with E-state index in [1.807, 2.05) is 37.3 Å². The van der Waals surface area contributed by atoms with E-state index in [2.05, 4.69) is 5.32 Å². The number of hydrogen-bond donors (Lipinski definition) is 1. The molecule has 1 N–H and O–H groups in total. The van der Waals surface area contributed by atoms with E-state index in [9.17, 15) is 9.59 Å². The zero-order valence-corrected chi connectivity index (χ0v) is 18.3. The van der Waals surface area contributed by atoms with E-state index in [4.69, 9.17) is 14.2 Å². The van der Waals surface area contributed by atoms with Crippen LogP contribution in [-0.4, -0.2) is 42.8 Å². The molecule has 2 rings (SSSR count). The summed E-state index contributed by atoms with van der Waals surface area (Å²) in [5.41, 5.74) is 0.545. The minimum Gasteiger partial charge on any atom is -0.457 e. The molecule has 2 aromatic rings. The van der Waals surface area contributed by atoms with E-state index in [0.717, 1.165) is 17.9 Å². The Labute approximate surface area is 182 Å². The predicted molar refractivity (Wildman–Crippen MR) is 119 cm³/mol. The van der Waals surface area contributed by atoms with E-state index in [1.54, 1.807) is 31.2 Å². The van der Waals surface area contributed by atoms with Crippen LogP contribution in [0.5, 0.6) is 11.5 Å². The Morgan fingerprint density at radius 1 is 1.00 bits per heavy atom. The summed E-state index contributed by atoms with van der Waals surface area (Å²) < 4.78 is 16.5. The fourth-order valence-electron chi connectivity index (χ4n) is 2.64. The highest BCUT2D eigenvalue weighted by molar-refractivity contribution is 8.13. The molecule has 6 nitrogen and oxygen atoms in total. The molecular formula is C23H29NO5S. The Morgan fingerprint density at radius 2 is 1.70 bits per heavy atom. The van der Waals surface area contributed by atoms with Crippen LogP contribution in [0.4, 0.5) is 0 Å². The van der Waals surface area contributed by atoms with Crippen molar-refractivity contribution in [2.75, 3.05) is 25.8 Å². The van der Waals surface area contributed by atoms with E-state index >= 15 is 0 Å². The van der Waals surface area contributed by atoms with Gasteiger partial charge in [-0.2, -0.15) is 0 Å². The number of rotatable bonds is 13. The lowest BCUT2D eigenvalue weighted by atomic mass is 10.1. The Hall–Kier alpha value is -2.35. The van der Waals surface area contributed by atoms with Gasteiger partial charge in [0.05, 0.1) is 12.6 Å². The number of para-hydroxylation sites is 1. The van der Waals surface area contributed by atoms with Crippen molar-refractivity contribution in [2.24, 2.45) is 0 Å². The van der Waals surface area contributed by atoms with Crippen molar-refractivity contribution in [3.8, 4) is 11.5 Å².